The van der Waals surface area contributed by atoms with Crippen LogP contribution in [0, 0.1) is 0 Å². The molecule has 4 rings (SSSR count). The molecule has 0 radical (unpaired) electrons. The van der Waals surface area contributed by atoms with Crippen LogP contribution in [0.3, 0.4) is 0 Å². The average Bonchev–Trinajstić information content (AvgIpc) is 3.74. The molecule has 2 N–H and O–H groups in total. The van der Waals surface area contributed by atoms with Crippen LogP contribution in [0.5, 0.6) is 11.5 Å². The summed E-state index contributed by atoms with van der Waals surface area (Å²) in [4.78, 5) is 42.1. The zero-order valence-electron chi connectivity index (χ0n) is 21.3. The van der Waals surface area contributed by atoms with Crippen LogP contribution in [0.15, 0.2) is 58.5 Å². The van der Waals surface area contributed by atoms with Crippen molar-refractivity contribution >= 4 is 29.1 Å². The molecule has 1 aliphatic rings. The number of thiophene rings is 1. The molecule has 1 fully saturated rings. The minimum Gasteiger partial charge on any atom is -0.493 e. The Morgan fingerprint density at radius 3 is 2.61 bits per heavy atom. The van der Waals surface area contributed by atoms with Crippen molar-refractivity contribution in [3.05, 3.63) is 70.3 Å². The van der Waals surface area contributed by atoms with Gasteiger partial charge in [0.1, 0.15) is 6.04 Å². The van der Waals surface area contributed by atoms with Gasteiger partial charge in [-0.05, 0) is 54.1 Å². The largest absolute Gasteiger partial charge is 0.493 e. The molecule has 11 heteroatoms. The first kappa shape index (κ1) is 27.2. The number of hydrogen-bond donors (Lipinski definition) is 2. The SMILES string of the molecule is COc1ccc(C(C(=O)NCC2CCCO2)N(Cc2cccs2)C(=O)CNC(=O)c2ccco2)cc1OC. The van der Waals surface area contributed by atoms with E-state index in [4.69, 9.17) is 18.6 Å². The highest BCUT2D eigenvalue weighted by atomic mass is 32.1. The van der Waals surface area contributed by atoms with Gasteiger partial charge in [0.2, 0.25) is 11.8 Å². The van der Waals surface area contributed by atoms with Gasteiger partial charge in [0.25, 0.3) is 5.91 Å². The van der Waals surface area contributed by atoms with Crippen molar-refractivity contribution in [3.8, 4) is 11.5 Å². The minimum absolute atomic E-state index is 0.0703. The summed E-state index contributed by atoms with van der Waals surface area (Å²) >= 11 is 1.47. The van der Waals surface area contributed by atoms with E-state index < -0.39 is 17.9 Å². The Balaban J connectivity index is 1.64. The van der Waals surface area contributed by atoms with E-state index in [0.717, 1.165) is 17.7 Å². The van der Waals surface area contributed by atoms with E-state index in [1.54, 1.807) is 24.3 Å². The van der Waals surface area contributed by atoms with E-state index in [9.17, 15) is 14.4 Å². The minimum atomic E-state index is -1.01. The molecule has 0 saturated carbocycles. The van der Waals surface area contributed by atoms with Crippen LogP contribution in [0.4, 0.5) is 0 Å². The fraction of sp³-hybridized carbons (Fsp3) is 0.370. The first-order chi connectivity index (χ1) is 18.5. The number of hydrogen-bond acceptors (Lipinski definition) is 8. The van der Waals surface area contributed by atoms with E-state index in [1.807, 2.05) is 17.5 Å². The number of rotatable bonds is 12. The molecule has 1 aliphatic heterocycles. The summed E-state index contributed by atoms with van der Waals surface area (Å²) in [6.07, 6.45) is 3.11. The number of furan rings is 1. The summed E-state index contributed by atoms with van der Waals surface area (Å²) < 4.78 is 21.6. The zero-order chi connectivity index (χ0) is 26.9. The second-order valence-electron chi connectivity index (χ2n) is 8.66. The molecule has 3 aromatic rings. The van der Waals surface area contributed by atoms with Crippen LogP contribution in [-0.4, -0.2) is 62.6 Å². The number of ether oxygens (including phenoxy) is 3. The maximum Gasteiger partial charge on any atom is 0.287 e. The van der Waals surface area contributed by atoms with Crippen LogP contribution in [0.1, 0.15) is 39.9 Å². The molecule has 1 saturated heterocycles. The van der Waals surface area contributed by atoms with Gasteiger partial charge in [0.05, 0.1) is 39.7 Å². The number of carbonyl (C=O) groups is 3. The van der Waals surface area contributed by atoms with Crippen molar-refractivity contribution in [2.45, 2.75) is 31.5 Å². The molecule has 10 nitrogen and oxygen atoms in total. The zero-order valence-corrected chi connectivity index (χ0v) is 22.1. The predicted molar refractivity (Wildman–Crippen MR) is 140 cm³/mol. The van der Waals surface area contributed by atoms with Gasteiger partial charge in [0.15, 0.2) is 17.3 Å². The van der Waals surface area contributed by atoms with Gasteiger partial charge < -0.3 is 34.2 Å². The third-order valence-corrected chi connectivity index (χ3v) is 7.04. The number of methoxy groups -OCH3 is 2. The summed E-state index contributed by atoms with van der Waals surface area (Å²) in [5.41, 5.74) is 0.537. The monoisotopic (exact) mass is 541 g/mol. The standard InChI is InChI=1S/C27H31N3O7S/c1-34-21-10-9-18(14-23(21)35-2)25(27(33)28-15-19-6-3-11-36-19)30(17-20-7-5-13-38-20)24(31)16-29-26(32)22-8-4-12-37-22/h4-5,7-10,12-14,19,25H,3,6,11,15-17H2,1-2H3,(H,28,33)(H,29,32). The van der Waals surface area contributed by atoms with Crippen molar-refractivity contribution < 1.29 is 33.0 Å². The van der Waals surface area contributed by atoms with E-state index in [0.29, 0.717) is 30.2 Å². The molecule has 3 amide bonds. The first-order valence-electron chi connectivity index (χ1n) is 12.2. The van der Waals surface area contributed by atoms with Gasteiger partial charge in [-0.2, -0.15) is 0 Å². The number of benzene rings is 1. The molecule has 1 aromatic carbocycles. The summed E-state index contributed by atoms with van der Waals surface area (Å²) in [5.74, 6) is -0.313. The number of amides is 3. The van der Waals surface area contributed by atoms with Gasteiger partial charge >= 0.3 is 0 Å². The maximum atomic E-state index is 13.7. The molecule has 38 heavy (non-hydrogen) atoms. The summed E-state index contributed by atoms with van der Waals surface area (Å²) in [6, 6.07) is 11.0. The summed E-state index contributed by atoms with van der Waals surface area (Å²) in [7, 11) is 3.03. The smallest absolute Gasteiger partial charge is 0.287 e. The van der Waals surface area contributed by atoms with E-state index in [-0.39, 0.29) is 30.9 Å². The summed E-state index contributed by atoms with van der Waals surface area (Å²) in [5, 5.41) is 7.46. The lowest BCUT2D eigenvalue weighted by Gasteiger charge is -2.32. The molecule has 202 valence electrons. The molecule has 0 aliphatic carbocycles. The Labute approximate surface area is 224 Å². The van der Waals surface area contributed by atoms with Crippen molar-refractivity contribution in [1.82, 2.24) is 15.5 Å². The fourth-order valence-electron chi connectivity index (χ4n) is 4.26. The van der Waals surface area contributed by atoms with Crippen LogP contribution in [0.25, 0.3) is 0 Å². The Bertz CT molecular complexity index is 1210. The lowest BCUT2D eigenvalue weighted by Crippen LogP contribution is -2.47. The van der Waals surface area contributed by atoms with Crippen molar-refractivity contribution in [3.63, 3.8) is 0 Å². The van der Waals surface area contributed by atoms with Gasteiger partial charge in [0, 0.05) is 18.0 Å². The predicted octanol–water partition coefficient (Wildman–Crippen LogP) is 3.15. The Morgan fingerprint density at radius 1 is 1.11 bits per heavy atom. The lowest BCUT2D eigenvalue weighted by atomic mass is 10.0. The maximum absolute atomic E-state index is 13.7. The highest BCUT2D eigenvalue weighted by Gasteiger charge is 2.33. The Hall–Kier alpha value is -3.83. The topological polar surface area (TPSA) is 119 Å². The highest BCUT2D eigenvalue weighted by Crippen LogP contribution is 2.33. The van der Waals surface area contributed by atoms with Crippen LogP contribution >= 0.6 is 11.3 Å². The molecule has 2 unspecified atom stereocenters. The second-order valence-corrected chi connectivity index (χ2v) is 9.69. The molecule has 2 aromatic heterocycles. The van der Waals surface area contributed by atoms with Gasteiger partial charge in [-0.15, -0.1) is 11.3 Å². The van der Waals surface area contributed by atoms with Crippen molar-refractivity contribution in [2.75, 3.05) is 33.9 Å². The van der Waals surface area contributed by atoms with Gasteiger partial charge in [-0.3, -0.25) is 14.4 Å². The highest BCUT2D eigenvalue weighted by molar-refractivity contribution is 7.09. The lowest BCUT2D eigenvalue weighted by molar-refractivity contribution is -0.141. The van der Waals surface area contributed by atoms with Crippen LogP contribution in [-0.2, 0) is 20.9 Å². The molecular formula is C27H31N3O7S. The van der Waals surface area contributed by atoms with E-state index in [1.165, 1.54) is 42.8 Å². The number of carbonyl (C=O) groups excluding carboxylic acids is 3. The van der Waals surface area contributed by atoms with Crippen LogP contribution in [0.2, 0.25) is 0 Å². The Kier molecular flexibility index (Phi) is 9.39. The summed E-state index contributed by atoms with van der Waals surface area (Å²) in [6.45, 7) is 0.837. The van der Waals surface area contributed by atoms with Gasteiger partial charge in [-0.1, -0.05) is 12.1 Å². The fourth-order valence-corrected chi connectivity index (χ4v) is 4.96. The first-order valence-corrected chi connectivity index (χ1v) is 13.1. The van der Waals surface area contributed by atoms with Crippen LogP contribution < -0.4 is 20.1 Å². The molecule has 0 spiro atoms. The normalized spacial score (nSPS) is 15.5. The van der Waals surface area contributed by atoms with E-state index in [2.05, 4.69) is 10.6 Å². The van der Waals surface area contributed by atoms with E-state index >= 15 is 0 Å². The molecular weight excluding hydrogens is 510 g/mol. The third-order valence-electron chi connectivity index (χ3n) is 6.18. The number of nitrogens with zero attached hydrogens (tertiary/aromatic N) is 1. The second kappa shape index (κ2) is 13.1. The Morgan fingerprint density at radius 2 is 1.95 bits per heavy atom. The number of nitrogens with one attached hydrogen (secondary N) is 2. The average molecular weight is 542 g/mol. The molecule has 2 atom stereocenters. The van der Waals surface area contributed by atoms with Gasteiger partial charge in [-0.25, -0.2) is 0 Å². The molecule has 0 bridgehead atoms. The molecule has 3 heterocycles. The third kappa shape index (κ3) is 6.73. The van der Waals surface area contributed by atoms with Crippen molar-refractivity contribution in [2.24, 2.45) is 0 Å². The quantitative estimate of drug-likeness (QED) is 0.362. The van der Waals surface area contributed by atoms with Crippen molar-refractivity contribution in [1.29, 1.82) is 0 Å².